The van der Waals surface area contributed by atoms with E-state index in [2.05, 4.69) is 10.4 Å². The zero-order valence-electron chi connectivity index (χ0n) is 18.2. The Balaban J connectivity index is 1.37. The molecule has 0 aliphatic carbocycles. The molecule has 3 aromatic rings. The van der Waals surface area contributed by atoms with E-state index >= 15 is 0 Å². The molecule has 0 unspecified atom stereocenters. The van der Waals surface area contributed by atoms with Crippen LogP contribution in [0, 0.1) is 5.82 Å². The second-order valence-electron chi connectivity index (χ2n) is 8.20. The molecule has 2 aliphatic rings. The molecule has 1 saturated heterocycles. The van der Waals surface area contributed by atoms with Crippen LogP contribution in [0.4, 0.5) is 20.7 Å². The summed E-state index contributed by atoms with van der Waals surface area (Å²) in [5.41, 5.74) is 6.61. The van der Waals surface area contributed by atoms with E-state index in [1.807, 2.05) is 24.3 Å². The number of methoxy groups -OCH3 is 1. The number of nitrogens with two attached hydrogens (primary N) is 1. The molecule has 11 heteroatoms. The molecule has 34 heavy (non-hydrogen) atoms. The maximum atomic E-state index is 14.9. The molecule has 2 amide bonds. The van der Waals surface area contributed by atoms with Gasteiger partial charge in [0.25, 0.3) is 0 Å². The van der Waals surface area contributed by atoms with Crippen LogP contribution in [0.25, 0.3) is 11.3 Å². The predicted octanol–water partition coefficient (Wildman–Crippen LogP) is 3.62. The van der Waals surface area contributed by atoms with E-state index in [4.69, 9.17) is 26.8 Å². The topological polar surface area (TPSA) is 112 Å². The SMILES string of the molecule is COc1cccc(-c2cc(N)n(CC(=O)N3CC[C@@]4(C3)OC(=O)Nc3ccc(Cl)c(F)c34)n2)c1. The van der Waals surface area contributed by atoms with E-state index in [0.29, 0.717) is 17.3 Å². The summed E-state index contributed by atoms with van der Waals surface area (Å²) in [7, 11) is 1.57. The minimum Gasteiger partial charge on any atom is -0.497 e. The fourth-order valence-electron chi connectivity index (χ4n) is 4.46. The first-order valence-electron chi connectivity index (χ1n) is 10.5. The van der Waals surface area contributed by atoms with Gasteiger partial charge in [-0.15, -0.1) is 0 Å². The van der Waals surface area contributed by atoms with E-state index < -0.39 is 17.5 Å². The number of carbonyl (C=O) groups is 2. The van der Waals surface area contributed by atoms with Gasteiger partial charge in [0.05, 0.1) is 35.6 Å². The number of anilines is 2. The number of carbonyl (C=O) groups excluding carboxylic acids is 2. The van der Waals surface area contributed by atoms with Crippen molar-refractivity contribution in [2.45, 2.75) is 18.6 Å². The first-order valence-corrected chi connectivity index (χ1v) is 10.9. The molecule has 3 N–H and O–H groups in total. The molecule has 0 saturated carbocycles. The van der Waals surface area contributed by atoms with Crippen molar-refractivity contribution in [1.82, 2.24) is 14.7 Å². The molecule has 9 nitrogen and oxygen atoms in total. The van der Waals surface area contributed by atoms with Crippen LogP contribution in [0.5, 0.6) is 5.75 Å². The van der Waals surface area contributed by atoms with E-state index in [1.165, 1.54) is 21.7 Å². The molecular weight excluding hydrogens is 465 g/mol. The monoisotopic (exact) mass is 485 g/mol. The standard InChI is InChI=1S/C23H21ClFN5O4/c1-33-14-4-2-3-13(9-14)17-10-18(26)30(28-17)11-19(31)29-8-7-23(12-29)20-16(27-22(32)34-23)6-5-15(24)21(20)25/h2-6,9-10H,7-8,11-12,26H2,1H3,(H,27,32)/t23-/m0/s1. The second kappa shape index (κ2) is 8.21. The van der Waals surface area contributed by atoms with Crippen LogP contribution in [-0.4, -0.2) is 46.9 Å². The van der Waals surface area contributed by atoms with Crippen molar-refractivity contribution in [3.05, 3.63) is 58.9 Å². The number of fused-ring (bicyclic) bond motifs is 2. The van der Waals surface area contributed by atoms with Crippen LogP contribution in [0.2, 0.25) is 5.02 Å². The molecule has 176 valence electrons. The van der Waals surface area contributed by atoms with Crippen LogP contribution >= 0.6 is 11.6 Å². The quantitative estimate of drug-likeness (QED) is 0.583. The van der Waals surface area contributed by atoms with Gasteiger partial charge in [-0.25, -0.2) is 13.9 Å². The summed E-state index contributed by atoms with van der Waals surface area (Å²) in [6.45, 7) is 0.137. The van der Waals surface area contributed by atoms with Crippen molar-refractivity contribution in [2.24, 2.45) is 0 Å². The Morgan fingerprint density at radius 3 is 2.97 bits per heavy atom. The summed E-state index contributed by atoms with van der Waals surface area (Å²) in [4.78, 5) is 26.8. The minimum absolute atomic E-state index is 0.00652. The molecule has 2 aliphatic heterocycles. The molecule has 2 aromatic carbocycles. The first-order chi connectivity index (χ1) is 16.3. The summed E-state index contributed by atoms with van der Waals surface area (Å²) in [6.07, 6.45) is -0.470. The largest absolute Gasteiger partial charge is 0.497 e. The van der Waals surface area contributed by atoms with E-state index in [1.54, 1.807) is 13.2 Å². The second-order valence-corrected chi connectivity index (χ2v) is 8.61. The van der Waals surface area contributed by atoms with Crippen LogP contribution < -0.4 is 15.8 Å². The lowest BCUT2D eigenvalue weighted by atomic mass is 9.89. The van der Waals surface area contributed by atoms with Gasteiger partial charge in [-0.3, -0.25) is 10.1 Å². The Morgan fingerprint density at radius 2 is 2.18 bits per heavy atom. The lowest BCUT2D eigenvalue weighted by Crippen LogP contribution is -2.44. The van der Waals surface area contributed by atoms with Gasteiger partial charge >= 0.3 is 6.09 Å². The predicted molar refractivity (Wildman–Crippen MR) is 123 cm³/mol. The lowest BCUT2D eigenvalue weighted by Gasteiger charge is -2.35. The summed E-state index contributed by atoms with van der Waals surface area (Å²) < 4.78 is 27.1. The van der Waals surface area contributed by atoms with Crippen molar-refractivity contribution in [3.63, 3.8) is 0 Å². The lowest BCUT2D eigenvalue weighted by molar-refractivity contribution is -0.132. The van der Waals surface area contributed by atoms with Crippen molar-refractivity contribution < 1.29 is 23.5 Å². The highest BCUT2D eigenvalue weighted by atomic mass is 35.5. The van der Waals surface area contributed by atoms with E-state index in [9.17, 15) is 14.0 Å². The van der Waals surface area contributed by atoms with Crippen LogP contribution in [0.3, 0.4) is 0 Å². The average molecular weight is 486 g/mol. The van der Waals surface area contributed by atoms with Gasteiger partial charge in [-0.1, -0.05) is 23.7 Å². The Kier molecular flexibility index (Phi) is 5.32. The van der Waals surface area contributed by atoms with Gasteiger partial charge < -0.3 is 20.1 Å². The number of amides is 2. The molecule has 1 atom stereocenters. The Bertz CT molecular complexity index is 1310. The fraction of sp³-hybridized carbons (Fsp3) is 0.261. The van der Waals surface area contributed by atoms with Gasteiger partial charge in [0.1, 0.15) is 18.1 Å². The van der Waals surface area contributed by atoms with Crippen molar-refractivity contribution in [2.75, 3.05) is 31.2 Å². The Hall–Kier alpha value is -3.79. The maximum absolute atomic E-state index is 14.9. The van der Waals surface area contributed by atoms with Gasteiger partial charge in [-0.2, -0.15) is 5.10 Å². The average Bonchev–Trinajstić information content (AvgIpc) is 3.40. The van der Waals surface area contributed by atoms with Crippen LogP contribution in [0.1, 0.15) is 12.0 Å². The third-order valence-electron chi connectivity index (χ3n) is 6.12. The van der Waals surface area contributed by atoms with Crippen molar-refractivity contribution in [1.29, 1.82) is 0 Å². The number of rotatable bonds is 4. The zero-order chi connectivity index (χ0) is 24.0. The number of benzene rings is 2. The van der Waals surface area contributed by atoms with Gasteiger partial charge in [0, 0.05) is 24.6 Å². The summed E-state index contributed by atoms with van der Waals surface area (Å²) >= 11 is 5.98. The number of nitrogens with one attached hydrogen (secondary N) is 1. The number of aromatic nitrogens is 2. The Labute approximate surface area is 199 Å². The highest BCUT2D eigenvalue weighted by molar-refractivity contribution is 6.31. The van der Waals surface area contributed by atoms with Crippen molar-refractivity contribution >= 4 is 35.1 Å². The number of ether oxygens (including phenoxy) is 2. The number of nitrogens with zero attached hydrogens (tertiary/aromatic N) is 3. The number of halogens is 2. The molecule has 1 aromatic heterocycles. The summed E-state index contributed by atoms with van der Waals surface area (Å²) in [5, 5.41) is 6.87. The number of hydrogen-bond donors (Lipinski definition) is 2. The van der Waals surface area contributed by atoms with E-state index in [-0.39, 0.29) is 48.2 Å². The first kappa shape index (κ1) is 22.0. The number of likely N-dealkylation sites (tertiary alicyclic amines) is 1. The molecule has 1 fully saturated rings. The molecule has 0 bridgehead atoms. The molecule has 1 spiro atoms. The maximum Gasteiger partial charge on any atom is 0.412 e. The van der Waals surface area contributed by atoms with Crippen molar-refractivity contribution in [3.8, 4) is 17.0 Å². The van der Waals surface area contributed by atoms with Crippen LogP contribution in [-0.2, 0) is 21.7 Å². The van der Waals surface area contributed by atoms with Crippen LogP contribution in [0.15, 0.2) is 42.5 Å². The molecular formula is C23H21ClFN5O4. The van der Waals surface area contributed by atoms with Gasteiger partial charge in [0.2, 0.25) is 5.91 Å². The highest BCUT2D eigenvalue weighted by Gasteiger charge is 2.50. The highest BCUT2D eigenvalue weighted by Crippen LogP contribution is 2.45. The summed E-state index contributed by atoms with van der Waals surface area (Å²) in [5.74, 6) is 0.0277. The molecule has 0 radical (unpaired) electrons. The third kappa shape index (κ3) is 3.69. The normalized spacial score (nSPS) is 19.0. The van der Waals surface area contributed by atoms with Gasteiger partial charge in [-0.05, 0) is 24.3 Å². The smallest absolute Gasteiger partial charge is 0.412 e. The minimum atomic E-state index is -1.32. The van der Waals surface area contributed by atoms with E-state index in [0.717, 1.165) is 5.56 Å². The van der Waals surface area contributed by atoms with Gasteiger partial charge in [0.15, 0.2) is 11.4 Å². The molecule has 3 heterocycles. The zero-order valence-corrected chi connectivity index (χ0v) is 18.9. The molecule has 5 rings (SSSR count). The number of nitrogen functional groups attached to an aromatic ring is 1. The number of hydrogen-bond acceptors (Lipinski definition) is 6. The summed E-state index contributed by atoms with van der Waals surface area (Å²) in [6, 6.07) is 11.9. The Morgan fingerprint density at radius 1 is 1.35 bits per heavy atom. The fourth-order valence-corrected chi connectivity index (χ4v) is 4.61. The third-order valence-corrected chi connectivity index (χ3v) is 6.41.